The molecule has 2 fully saturated rings. The van der Waals surface area contributed by atoms with Crippen LogP contribution in [0.1, 0.15) is 43.0 Å². The fraction of sp³-hybridized carbons (Fsp3) is 0.500. The molecule has 1 aromatic heterocycles. The number of hydrazine groups is 1. The fourth-order valence-corrected chi connectivity index (χ4v) is 3.29. The first-order valence-electron chi connectivity index (χ1n) is 7.92. The first kappa shape index (κ1) is 15.5. The van der Waals surface area contributed by atoms with Gasteiger partial charge in [0.1, 0.15) is 6.54 Å². The van der Waals surface area contributed by atoms with E-state index in [1.165, 1.54) is 11.1 Å². The number of urea groups is 1. The van der Waals surface area contributed by atoms with Crippen LogP contribution < -0.4 is 5.43 Å². The molecule has 7 heteroatoms. The van der Waals surface area contributed by atoms with Gasteiger partial charge in [-0.15, -0.1) is 0 Å². The van der Waals surface area contributed by atoms with Crippen molar-refractivity contribution in [2.45, 2.75) is 38.6 Å². The zero-order chi connectivity index (χ0) is 16.4. The number of rotatable bonds is 3. The third kappa shape index (κ3) is 3.04. The SMILES string of the molecule is CC1CCCCC1N1C(=O)CN(NC(=O)c2cccnc2)C1=O. The van der Waals surface area contributed by atoms with Gasteiger partial charge in [0, 0.05) is 18.4 Å². The maximum Gasteiger partial charge on any atom is 0.346 e. The molecule has 3 rings (SSSR count). The van der Waals surface area contributed by atoms with Crippen LogP contribution in [0.4, 0.5) is 4.79 Å². The van der Waals surface area contributed by atoms with Crippen molar-refractivity contribution < 1.29 is 14.4 Å². The van der Waals surface area contributed by atoms with Gasteiger partial charge in [-0.1, -0.05) is 19.8 Å². The van der Waals surface area contributed by atoms with Gasteiger partial charge in [0.2, 0.25) is 0 Å². The Labute approximate surface area is 134 Å². The molecule has 122 valence electrons. The lowest BCUT2D eigenvalue weighted by atomic mass is 9.85. The van der Waals surface area contributed by atoms with Gasteiger partial charge in [0.25, 0.3) is 11.8 Å². The van der Waals surface area contributed by atoms with Crippen LogP contribution in [0.25, 0.3) is 0 Å². The average molecular weight is 316 g/mol. The molecule has 2 atom stereocenters. The molecule has 0 aromatic carbocycles. The second-order valence-electron chi connectivity index (χ2n) is 6.14. The number of nitrogens with zero attached hydrogens (tertiary/aromatic N) is 3. The highest BCUT2D eigenvalue weighted by atomic mass is 16.2. The van der Waals surface area contributed by atoms with Crippen LogP contribution in [-0.4, -0.2) is 45.3 Å². The van der Waals surface area contributed by atoms with E-state index in [-0.39, 0.29) is 18.5 Å². The molecule has 23 heavy (non-hydrogen) atoms. The van der Waals surface area contributed by atoms with E-state index in [2.05, 4.69) is 17.3 Å². The summed E-state index contributed by atoms with van der Waals surface area (Å²) in [5.74, 6) is -0.399. The van der Waals surface area contributed by atoms with Gasteiger partial charge >= 0.3 is 6.03 Å². The summed E-state index contributed by atoms with van der Waals surface area (Å²) in [6, 6.07) is 2.74. The number of carbonyl (C=O) groups excluding carboxylic acids is 3. The summed E-state index contributed by atoms with van der Waals surface area (Å²) in [6.07, 6.45) is 6.99. The van der Waals surface area contributed by atoms with Crippen molar-refractivity contribution in [1.82, 2.24) is 20.3 Å². The van der Waals surface area contributed by atoms with Gasteiger partial charge in [-0.2, -0.15) is 0 Å². The second-order valence-corrected chi connectivity index (χ2v) is 6.14. The van der Waals surface area contributed by atoms with E-state index < -0.39 is 11.9 Å². The summed E-state index contributed by atoms with van der Waals surface area (Å²) in [6.45, 7) is 1.95. The number of carbonyl (C=O) groups is 3. The predicted molar refractivity (Wildman–Crippen MR) is 82.1 cm³/mol. The number of nitrogens with one attached hydrogen (secondary N) is 1. The van der Waals surface area contributed by atoms with Gasteiger partial charge < -0.3 is 0 Å². The van der Waals surface area contributed by atoms with Gasteiger partial charge in [-0.05, 0) is 30.9 Å². The summed E-state index contributed by atoms with van der Waals surface area (Å²) in [4.78, 5) is 42.1. The maximum absolute atomic E-state index is 12.5. The summed E-state index contributed by atoms with van der Waals surface area (Å²) < 4.78 is 0. The lowest BCUT2D eigenvalue weighted by Crippen LogP contribution is -2.49. The second kappa shape index (κ2) is 6.36. The normalized spacial score (nSPS) is 24.9. The number of hydrogen-bond acceptors (Lipinski definition) is 4. The Morgan fingerprint density at radius 2 is 2.09 bits per heavy atom. The Kier molecular flexibility index (Phi) is 4.27. The Hall–Kier alpha value is -2.44. The van der Waals surface area contributed by atoms with Crippen molar-refractivity contribution in [2.75, 3.05) is 6.54 Å². The third-order valence-electron chi connectivity index (χ3n) is 4.56. The number of amides is 4. The molecular weight excluding hydrogens is 296 g/mol. The van der Waals surface area contributed by atoms with E-state index >= 15 is 0 Å². The fourth-order valence-electron chi connectivity index (χ4n) is 3.29. The van der Waals surface area contributed by atoms with Crippen LogP contribution in [-0.2, 0) is 4.79 Å². The molecule has 2 unspecified atom stereocenters. The molecule has 1 saturated heterocycles. The molecule has 1 aliphatic carbocycles. The average Bonchev–Trinajstić information content (AvgIpc) is 2.83. The molecule has 1 aliphatic heterocycles. The monoisotopic (exact) mass is 316 g/mol. The van der Waals surface area contributed by atoms with Crippen LogP contribution in [0.15, 0.2) is 24.5 Å². The van der Waals surface area contributed by atoms with Crippen molar-refractivity contribution in [3.05, 3.63) is 30.1 Å². The Bertz CT molecular complexity index is 619. The van der Waals surface area contributed by atoms with Crippen LogP contribution in [0.2, 0.25) is 0 Å². The van der Waals surface area contributed by atoms with E-state index in [0.29, 0.717) is 11.5 Å². The molecule has 4 amide bonds. The molecular formula is C16H20N4O3. The number of imide groups is 1. The summed E-state index contributed by atoms with van der Waals surface area (Å²) in [5.41, 5.74) is 2.85. The van der Waals surface area contributed by atoms with Crippen molar-refractivity contribution in [3.8, 4) is 0 Å². The van der Waals surface area contributed by atoms with Crippen molar-refractivity contribution >= 4 is 17.8 Å². The lowest BCUT2D eigenvalue weighted by molar-refractivity contribution is -0.128. The molecule has 7 nitrogen and oxygen atoms in total. The first-order valence-corrected chi connectivity index (χ1v) is 7.92. The zero-order valence-electron chi connectivity index (χ0n) is 13.1. The van der Waals surface area contributed by atoms with E-state index in [1.807, 2.05) is 0 Å². The first-order chi connectivity index (χ1) is 11.1. The minimum atomic E-state index is -0.446. The predicted octanol–water partition coefficient (Wildman–Crippen LogP) is 1.57. The molecule has 1 aromatic rings. The van der Waals surface area contributed by atoms with Gasteiger partial charge in [0.15, 0.2) is 0 Å². The molecule has 0 spiro atoms. The van der Waals surface area contributed by atoms with Gasteiger partial charge in [-0.25, -0.2) is 9.80 Å². The molecule has 0 bridgehead atoms. The number of pyridine rings is 1. The summed E-state index contributed by atoms with van der Waals surface area (Å²) in [7, 11) is 0. The van der Waals surface area contributed by atoms with Crippen molar-refractivity contribution in [2.24, 2.45) is 5.92 Å². The summed E-state index contributed by atoms with van der Waals surface area (Å²) in [5, 5.41) is 1.10. The highest BCUT2D eigenvalue weighted by molar-refractivity contribution is 6.04. The van der Waals surface area contributed by atoms with Crippen LogP contribution in [0.5, 0.6) is 0 Å². The van der Waals surface area contributed by atoms with Crippen molar-refractivity contribution in [1.29, 1.82) is 0 Å². The zero-order valence-corrected chi connectivity index (χ0v) is 13.1. The molecule has 1 saturated carbocycles. The standard InChI is InChI=1S/C16H20N4O3/c1-11-5-2-3-7-13(11)20-14(21)10-19(16(20)23)18-15(22)12-6-4-8-17-9-12/h4,6,8-9,11,13H,2-3,5,7,10H2,1H3,(H,18,22). The minimum Gasteiger partial charge on any atom is -0.272 e. The van der Waals surface area contributed by atoms with Crippen molar-refractivity contribution in [3.63, 3.8) is 0 Å². The minimum absolute atomic E-state index is 0.0657. The van der Waals surface area contributed by atoms with Gasteiger partial charge in [-0.3, -0.25) is 24.9 Å². The Morgan fingerprint density at radius 1 is 1.30 bits per heavy atom. The van der Waals surface area contributed by atoms with Crippen LogP contribution >= 0.6 is 0 Å². The highest BCUT2D eigenvalue weighted by Gasteiger charge is 2.43. The van der Waals surface area contributed by atoms with Crippen LogP contribution in [0, 0.1) is 5.92 Å². The summed E-state index contributed by atoms with van der Waals surface area (Å²) >= 11 is 0. The van der Waals surface area contributed by atoms with E-state index in [1.54, 1.807) is 18.3 Å². The highest BCUT2D eigenvalue weighted by Crippen LogP contribution is 2.30. The smallest absolute Gasteiger partial charge is 0.272 e. The van der Waals surface area contributed by atoms with E-state index in [9.17, 15) is 14.4 Å². The Balaban J connectivity index is 1.70. The topological polar surface area (TPSA) is 82.6 Å². The van der Waals surface area contributed by atoms with E-state index in [4.69, 9.17) is 0 Å². The quantitative estimate of drug-likeness (QED) is 0.858. The molecule has 0 radical (unpaired) electrons. The Morgan fingerprint density at radius 3 is 2.78 bits per heavy atom. The lowest BCUT2D eigenvalue weighted by Gasteiger charge is -2.34. The van der Waals surface area contributed by atoms with Crippen LogP contribution in [0.3, 0.4) is 0 Å². The molecule has 1 N–H and O–H groups in total. The van der Waals surface area contributed by atoms with E-state index in [0.717, 1.165) is 30.7 Å². The molecule has 2 aliphatic rings. The number of hydrogen-bond donors (Lipinski definition) is 1. The largest absolute Gasteiger partial charge is 0.346 e. The third-order valence-corrected chi connectivity index (χ3v) is 4.56. The van der Waals surface area contributed by atoms with Gasteiger partial charge in [0.05, 0.1) is 5.56 Å². The molecule has 2 heterocycles. The number of aromatic nitrogens is 1. The maximum atomic E-state index is 12.5.